The highest BCUT2D eigenvalue weighted by Crippen LogP contribution is 2.25. The van der Waals surface area contributed by atoms with Crippen LogP contribution in [0.3, 0.4) is 0 Å². The predicted molar refractivity (Wildman–Crippen MR) is 62.4 cm³/mol. The quantitative estimate of drug-likeness (QED) is 0.861. The van der Waals surface area contributed by atoms with Crippen LogP contribution in [0, 0.1) is 0 Å². The van der Waals surface area contributed by atoms with Crippen LogP contribution in [0.5, 0.6) is 0 Å². The highest BCUT2D eigenvalue weighted by Gasteiger charge is 2.12. The third kappa shape index (κ3) is 2.92. The van der Waals surface area contributed by atoms with E-state index in [1.165, 1.54) is 24.7 Å². The summed E-state index contributed by atoms with van der Waals surface area (Å²) in [5, 5.41) is 10.1. The smallest absolute Gasteiger partial charge is 0.338 e. The van der Waals surface area contributed by atoms with E-state index in [2.05, 4.69) is 15.0 Å². The zero-order chi connectivity index (χ0) is 12.3. The Labute approximate surface area is 106 Å². The lowest BCUT2D eigenvalue weighted by molar-refractivity contribution is 0.0692. The summed E-state index contributed by atoms with van der Waals surface area (Å²) in [7, 11) is 0. The van der Waals surface area contributed by atoms with E-state index < -0.39 is 5.97 Å². The van der Waals surface area contributed by atoms with Crippen molar-refractivity contribution >= 4 is 29.3 Å². The first-order valence-corrected chi connectivity index (χ1v) is 5.70. The van der Waals surface area contributed by atoms with E-state index >= 15 is 0 Å². The Balaban J connectivity index is 2.30. The lowest BCUT2D eigenvalue weighted by Crippen LogP contribution is -2.00. The molecule has 7 heteroatoms. The fourth-order valence-corrected chi connectivity index (χ4v) is 1.93. The fourth-order valence-electron chi connectivity index (χ4n) is 1.07. The Kier molecular flexibility index (Phi) is 3.55. The van der Waals surface area contributed by atoms with Crippen molar-refractivity contribution < 1.29 is 9.90 Å². The van der Waals surface area contributed by atoms with Crippen LogP contribution in [-0.4, -0.2) is 26.0 Å². The van der Waals surface area contributed by atoms with E-state index in [1.54, 1.807) is 6.07 Å². The molecule has 0 radical (unpaired) electrons. The fraction of sp³-hybridized carbons (Fsp3) is 0. The van der Waals surface area contributed by atoms with Gasteiger partial charge in [-0.3, -0.25) is 0 Å². The van der Waals surface area contributed by atoms with Gasteiger partial charge in [0.1, 0.15) is 5.03 Å². The van der Waals surface area contributed by atoms with Gasteiger partial charge >= 0.3 is 5.97 Å². The van der Waals surface area contributed by atoms with Crippen molar-refractivity contribution in [2.24, 2.45) is 0 Å². The molecule has 0 atom stereocenters. The molecule has 0 bridgehead atoms. The number of aromatic carboxylic acids is 1. The molecule has 0 aliphatic heterocycles. The normalized spacial score (nSPS) is 10.2. The van der Waals surface area contributed by atoms with Gasteiger partial charge in [0.15, 0.2) is 5.16 Å². The number of nitrogens with zero attached hydrogens (tertiary/aromatic N) is 3. The molecule has 5 nitrogen and oxygen atoms in total. The first-order chi connectivity index (χ1) is 8.16. The van der Waals surface area contributed by atoms with Crippen molar-refractivity contribution in [3.8, 4) is 0 Å². The minimum atomic E-state index is -1.03. The Hall–Kier alpha value is -1.66. The zero-order valence-corrected chi connectivity index (χ0v) is 9.94. The first kappa shape index (κ1) is 11.8. The van der Waals surface area contributed by atoms with Crippen LogP contribution < -0.4 is 0 Å². The van der Waals surface area contributed by atoms with Crippen LogP contribution >= 0.6 is 23.4 Å². The van der Waals surface area contributed by atoms with Gasteiger partial charge in [-0.15, -0.1) is 0 Å². The molecule has 0 fully saturated rings. The summed E-state index contributed by atoms with van der Waals surface area (Å²) >= 11 is 6.73. The van der Waals surface area contributed by atoms with Gasteiger partial charge in [-0.1, -0.05) is 11.6 Å². The number of carboxylic acids is 1. The average molecular weight is 268 g/mol. The minimum Gasteiger partial charge on any atom is -0.478 e. The maximum absolute atomic E-state index is 11.0. The molecule has 0 aliphatic carbocycles. The molecule has 0 unspecified atom stereocenters. The molecule has 1 N–H and O–H groups in total. The second-order valence-electron chi connectivity index (χ2n) is 2.95. The van der Waals surface area contributed by atoms with Gasteiger partial charge in [0.25, 0.3) is 0 Å². The molecule has 86 valence electrons. The van der Waals surface area contributed by atoms with Crippen LogP contribution in [0.25, 0.3) is 0 Å². The monoisotopic (exact) mass is 267 g/mol. The third-order valence-electron chi connectivity index (χ3n) is 1.79. The number of rotatable bonds is 3. The maximum Gasteiger partial charge on any atom is 0.338 e. The Morgan fingerprint density at radius 3 is 2.65 bits per heavy atom. The van der Waals surface area contributed by atoms with Gasteiger partial charge in [0.2, 0.25) is 0 Å². The number of hydrogen-bond acceptors (Lipinski definition) is 5. The second kappa shape index (κ2) is 5.11. The summed E-state index contributed by atoms with van der Waals surface area (Å²) in [4.78, 5) is 22.9. The molecule has 0 aromatic carbocycles. The molecule has 0 saturated heterocycles. The van der Waals surface area contributed by atoms with Crippen molar-refractivity contribution in [3.63, 3.8) is 0 Å². The van der Waals surface area contributed by atoms with Crippen molar-refractivity contribution in [1.82, 2.24) is 15.0 Å². The topological polar surface area (TPSA) is 76.0 Å². The van der Waals surface area contributed by atoms with Crippen LogP contribution in [0.4, 0.5) is 0 Å². The van der Waals surface area contributed by atoms with Crippen molar-refractivity contribution in [2.45, 2.75) is 10.2 Å². The molecular formula is C10H6ClN3O2S. The van der Waals surface area contributed by atoms with Gasteiger partial charge in [0.05, 0.1) is 23.0 Å². The summed E-state index contributed by atoms with van der Waals surface area (Å²) in [6.07, 6.45) is 4.41. The van der Waals surface area contributed by atoms with Gasteiger partial charge in [-0.25, -0.2) is 19.7 Å². The van der Waals surface area contributed by atoms with Crippen molar-refractivity contribution in [1.29, 1.82) is 0 Å². The van der Waals surface area contributed by atoms with E-state index in [1.807, 2.05) is 0 Å². The Bertz CT molecular complexity index is 548. The first-order valence-electron chi connectivity index (χ1n) is 4.50. The van der Waals surface area contributed by atoms with Crippen LogP contribution in [0.15, 0.2) is 40.9 Å². The van der Waals surface area contributed by atoms with Crippen molar-refractivity contribution in [3.05, 3.63) is 41.3 Å². The van der Waals surface area contributed by atoms with Gasteiger partial charge < -0.3 is 5.11 Å². The van der Waals surface area contributed by atoms with Gasteiger partial charge in [-0.2, -0.15) is 0 Å². The summed E-state index contributed by atoms with van der Waals surface area (Å²) < 4.78 is 0. The number of pyridine rings is 1. The molecular weight excluding hydrogens is 262 g/mol. The summed E-state index contributed by atoms with van der Waals surface area (Å²) in [5.74, 6) is -1.03. The molecule has 0 aliphatic rings. The number of halogens is 1. The standard InChI is InChI=1S/C10H6ClN3O2S/c11-6-4-13-10(14-5-6)17-8-7(9(15)16)2-1-3-12-8/h1-5H,(H,15,16). The van der Waals surface area contributed by atoms with E-state index in [0.29, 0.717) is 15.2 Å². The van der Waals surface area contributed by atoms with Crippen molar-refractivity contribution in [2.75, 3.05) is 0 Å². The number of carboxylic acid groups (broad SMARTS) is 1. The highest BCUT2D eigenvalue weighted by atomic mass is 35.5. The Morgan fingerprint density at radius 2 is 2.00 bits per heavy atom. The number of aromatic nitrogens is 3. The summed E-state index contributed by atoms with van der Waals surface area (Å²) in [5.41, 5.74) is 0.121. The molecule has 0 spiro atoms. The van der Waals surface area contributed by atoms with Gasteiger partial charge in [0, 0.05) is 6.20 Å². The second-order valence-corrected chi connectivity index (χ2v) is 4.34. The van der Waals surface area contributed by atoms with E-state index in [4.69, 9.17) is 16.7 Å². The lowest BCUT2D eigenvalue weighted by Gasteiger charge is -2.02. The van der Waals surface area contributed by atoms with Crippen LogP contribution in [0.2, 0.25) is 5.02 Å². The van der Waals surface area contributed by atoms with E-state index in [9.17, 15) is 4.79 Å². The van der Waals surface area contributed by atoms with Gasteiger partial charge in [-0.05, 0) is 23.9 Å². The predicted octanol–water partition coefficient (Wildman–Crippen LogP) is 2.37. The highest BCUT2D eigenvalue weighted by molar-refractivity contribution is 7.99. The molecule has 2 heterocycles. The molecule has 2 aromatic rings. The average Bonchev–Trinajstić information content (AvgIpc) is 2.32. The molecule has 2 aromatic heterocycles. The summed E-state index contributed by atoms with van der Waals surface area (Å²) in [6, 6.07) is 3.05. The minimum absolute atomic E-state index is 0.121. The molecule has 17 heavy (non-hydrogen) atoms. The third-order valence-corrected chi connectivity index (χ3v) is 2.89. The number of hydrogen-bond donors (Lipinski definition) is 1. The van der Waals surface area contributed by atoms with Crippen LogP contribution in [0.1, 0.15) is 10.4 Å². The number of carbonyl (C=O) groups is 1. The molecule has 0 amide bonds. The van der Waals surface area contributed by atoms with E-state index in [0.717, 1.165) is 11.8 Å². The van der Waals surface area contributed by atoms with E-state index in [-0.39, 0.29) is 5.56 Å². The zero-order valence-electron chi connectivity index (χ0n) is 8.37. The Morgan fingerprint density at radius 1 is 1.29 bits per heavy atom. The van der Waals surface area contributed by atoms with Crippen LogP contribution in [-0.2, 0) is 0 Å². The largest absolute Gasteiger partial charge is 0.478 e. The molecule has 0 saturated carbocycles. The molecule has 2 rings (SSSR count). The lowest BCUT2D eigenvalue weighted by atomic mass is 10.3. The SMILES string of the molecule is O=C(O)c1cccnc1Sc1ncc(Cl)cn1. The maximum atomic E-state index is 11.0. The summed E-state index contributed by atoms with van der Waals surface area (Å²) in [6.45, 7) is 0.